The van der Waals surface area contributed by atoms with E-state index in [9.17, 15) is 4.79 Å². The van der Waals surface area contributed by atoms with Crippen LogP contribution in [0.1, 0.15) is 10.5 Å². The van der Waals surface area contributed by atoms with E-state index >= 15 is 0 Å². The average molecular weight is 318 g/mol. The van der Waals surface area contributed by atoms with Crippen LogP contribution in [0.4, 0.5) is 0 Å². The van der Waals surface area contributed by atoms with Crippen molar-refractivity contribution in [2.24, 2.45) is 0 Å². The number of hydrogen-bond acceptors (Lipinski definition) is 3. The maximum absolute atomic E-state index is 11.1. The number of hydrogen-bond donors (Lipinski definition) is 1. The first kappa shape index (κ1) is 11.9. The molecule has 0 saturated carbocycles. The number of halogens is 1. The van der Waals surface area contributed by atoms with Gasteiger partial charge in [-0.3, -0.25) is 0 Å². The summed E-state index contributed by atoms with van der Waals surface area (Å²) in [5.74, 6) is -1.08. The Balaban J connectivity index is 2.19. The van der Waals surface area contributed by atoms with Gasteiger partial charge in [0.25, 0.3) is 0 Å². The van der Waals surface area contributed by atoms with Crippen LogP contribution in [0.5, 0.6) is 0 Å². The minimum atomic E-state index is -1.08. The van der Waals surface area contributed by atoms with Crippen molar-refractivity contribution in [2.45, 2.75) is 0 Å². The van der Waals surface area contributed by atoms with Gasteiger partial charge in [-0.15, -0.1) is 0 Å². The third-order valence-corrected chi connectivity index (χ3v) is 3.25. The predicted octanol–water partition coefficient (Wildman–Crippen LogP) is 2.86. The second-order valence-corrected chi connectivity index (χ2v) is 4.86. The highest BCUT2D eigenvalue weighted by molar-refractivity contribution is 9.10. The molecule has 0 fully saturated rings. The molecule has 0 saturated heterocycles. The molecular formula is C13H8BrN3O2. The number of nitrogens with zero attached hydrogens (tertiary/aromatic N) is 3. The van der Waals surface area contributed by atoms with E-state index in [1.807, 2.05) is 24.3 Å². The Morgan fingerprint density at radius 1 is 1.26 bits per heavy atom. The van der Waals surface area contributed by atoms with Crippen molar-refractivity contribution in [1.29, 1.82) is 0 Å². The molecule has 0 bridgehead atoms. The van der Waals surface area contributed by atoms with E-state index in [0.29, 0.717) is 11.3 Å². The van der Waals surface area contributed by atoms with Crippen molar-refractivity contribution in [3.63, 3.8) is 0 Å². The molecule has 0 atom stereocenters. The lowest BCUT2D eigenvalue weighted by molar-refractivity contribution is 0.0692. The lowest BCUT2D eigenvalue weighted by Crippen LogP contribution is -2.03. The van der Waals surface area contributed by atoms with Gasteiger partial charge in [-0.05, 0) is 12.1 Å². The standard InChI is InChI=1S/C13H8BrN3O2/c14-9-3-1-8(2-4-9)10-7-17-6-5-15-11(13(18)19)12(17)16-10/h1-7H,(H,18,19). The first-order valence-corrected chi connectivity index (χ1v) is 6.27. The second-order valence-electron chi connectivity index (χ2n) is 3.94. The number of imidazole rings is 1. The molecular weight excluding hydrogens is 310 g/mol. The lowest BCUT2D eigenvalue weighted by Gasteiger charge is -1.95. The fourth-order valence-electron chi connectivity index (χ4n) is 1.83. The number of carbonyl (C=O) groups is 1. The van der Waals surface area contributed by atoms with E-state index in [4.69, 9.17) is 5.11 Å². The second kappa shape index (κ2) is 4.47. The van der Waals surface area contributed by atoms with Gasteiger partial charge in [0.2, 0.25) is 0 Å². The summed E-state index contributed by atoms with van der Waals surface area (Å²) in [6, 6.07) is 7.66. The maximum atomic E-state index is 11.1. The van der Waals surface area contributed by atoms with Gasteiger partial charge in [0, 0.05) is 28.6 Å². The van der Waals surface area contributed by atoms with Crippen LogP contribution in [-0.4, -0.2) is 25.4 Å². The summed E-state index contributed by atoms with van der Waals surface area (Å²) in [4.78, 5) is 19.3. The first-order chi connectivity index (χ1) is 9.15. The molecule has 0 amide bonds. The molecule has 0 aliphatic carbocycles. The van der Waals surface area contributed by atoms with Crippen LogP contribution >= 0.6 is 15.9 Å². The fourth-order valence-corrected chi connectivity index (χ4v) is 2.09. The fraction of sp³-hybridized carbons (Fsp3) is 0. The van der Waals surface area contributed by atoms with E-state index in [1.54, 1.807) is 16.8 Å². The van der Waals surface area contributed by atoms with Gasteiger partial charge in [-0.2, -0.15) is 0 Å². The number of fused-ring (bicyclic) bond motifs is 1. The van der Waals surface area contributed by atoms with Crippen molar-refractivity contribution >= 4 is 27.5 Å². The highest BCUT2D eigenvalue weighted by Gasteiger charge is 2.14. The van der Waals surface area contributed by atoms with Crippen LogP contribution in [0.3, 0.4) is 0 Å². The maximum Gasteiger partial charge on any atom is 0.358 e. The van der Waals surface area contributed by atoms with Gasteiger partial charge >= 0.3 is 5.97 Å². The van der Waals surface area contributed by atoms with Crippen LogP contribution in [0.15, 0.2) is 47.3 Å². The molecule has 0 spiro atoms. The number of rotatable bonds is 2. The zero-order valence-corrected chi connectivity index (χ0v) is 11.2. The van der Waals surface area contributed by atoms with Crippen molar-refractivity contribution in [3.05, 3.63) is 53.0 Å². The van der Waals surface area contributed by atoms with Gasteiger partial charge in [-0.1, -0.05) is 28.1 Å². The topological polar surface area (TPSA) is 67.5 Å². The molecule has 0 aliphatic rings. The van der Waals surface area contributed by atoms with Crippen LogP contribution in [0, 0.1) is 0 Å². The van der Waals surface area contributed by atoms with Crippen LogP contribution in [-0.2, 0) is 0 Å². The van der Waals surface area contributed by atoms with Crippen molar-refractivity contribution in [1.82, 2.24) is 14.4 Å². The molecule has 94 valence electrons. The van der Waals surface area contributed by atoms with Gasteiger partial charge in [0.05, 0.1) is 5.69 Å². The number of benzene rings is 1. The summed E-state index contributed by atoms with van der Waals surface area (Å²) in [5, 5.41) is 9.08. The molecule has 3 rings (SSSR count). The van der Waals surface area contributed by atoms with Gasteiger partial charge < -0.3 is 9.51 Å². The van der Waals surface area contributed by atoms with E-state index in [1.165, 1.54) is 6.20 Å². The summed E-state index contributed by atoms with van der Waals surface area (Å²) in [6.45, 7) is 0. The molecule has 1 aromatic carbocycles. The lowest BCUT2D eigenvalue weighted by atomic mass is 10.2. The minimum Gasteiger partial charge on any atom is -0.476 e. The van der Waals surface area contributed by atoms with Crippen LogP contribution in [0.2, 0.25) is 0 Å². The smallest absolute Gasteiger partial charge is 0.358 e. The molecule has 19 heavy (non-hydrogen) atoms. The third-order valence-electron chi connectivity index (χ3n) is 2.72. The molecule has 3 aromatic rings. The Bertz CT molecular complexity index is 765. The van der Waals surface area contributed by atoms with E-state index in [-0.39, 0.29) is 5.69 Å². The molecule has 6 heteroatoms. The normalized spacial score (nSPS) is 10.8. The zero-order chi connectivity index (χ0) is 13.4. The number of aromatic carboxylic acids is 1. The Kier molecular flexibility index (Phi) is 2.79. The van der Waals surface area contributed by atoms with E-state index in [2.05, 4.69) is 25.9 Å². The van der Waals surface area contributed by atoms with Crippen LogP contribution in [0.25, 0.3) is 16.9 Å². The molecule has 0 aliphatic heterocycles. The molecule has 5 nitrogen and oxygen atoms in total. The monoisotopic (exact) mass is 317 g/mol. The quantitative estimate of drug-likeness (QED) is 0.789. The summed E-state index contributed by atoms with van der Waals surface area (Å²) in [5.41, 5.74) is 1.92. The Labute approximate surface area is 116 Å². The van der Waals surface area contributed by atoms with Gasteiger partial charge in [0.15, 0.2) is 11.3 Å². The van der Waals surface area contributed by atoms with Crippen molar-refractivity contribution in [2.75, 3.05) is 0 Å². The highest BCUT2D eigenvalue weighted by Crippen LogP contribution is 2.22. The summed E-state index contributed by atoms with van der Waals surface area (Å²) in [6.07, 6.45) is 4.91. The first-order valence-electron chi connectivity index (χ1n) is 5.48. The van der Waals surface area contributed by atoms with E-state index in [0.717, 1.165) is 10.0 Å². The molecule has 2 heterocycles. The number of carboxylic acid groups (broad SMARTS) is 1. The molecule has 0 unspecified atom stereocenters. The number of aromatic nitrogens is 3. The SMILES string of the molecule is O=C(O)c1nccn2cc(-c3ccc(Br)cc3)nc12. The molecule has 1 N–H and O–H groups in total. The zero-order valence-electron chi connectivity index (χ0n) is 9.62. The molecule has 0 radical (unpaired) electrons. The highest BCUT2D eigenvalue weighted by atomic mass is 79.9. The minimum absolute atomic E-state index is 0.0501. The average Bonchev–Trinajstić information content (AvgIpc) is 2.82. The summed E-state index contributed by atoms with van der Waals surface area (Å²) >= 11 is 3.37. The van der Waals surface area contributed by atoms with Crippen LogP contribution < -0.4 is 0 Å². The predicted molar refractivity (Wildman–Crippen MR) is 73.1 cm³/mol. The van der Waals surface area contributed by atoms with Gasteiger partial charge in [0.1, 0.15) is 0 Å². The Hall–Kier alpha value is -2.21. The van der Waals surface area contributed by atoms with Crippen molar-refractivity contribution < 1.29 is 9.90 Å². The largest absolute Gasteiger partial charge is 0.476 e. The summed E-state index contributed by atoms with van der Waals surface area (Å²) in [7, 11) is 0. The van der Waals surface area contributed by atoms with E-state index < -0.39 is 5.97 Å². The third kappa shape index (κ3) is 2.10. The summed E-state index contributed by atoms with van der Waals surface area (Å²) < 4.78 is 2.64. The van der Waals surface area contributed by atoms with Gasteiger partial charge in [-0.25, -0.2) is 14.8 Å². The van der Waals surface area contributed by atoms with Crippen molar-refractivity contribution in [3.8, 4) is 11.3 Å². The Morgan fingerprint density at radius 2 is 2.00 bits per heavy atom. The molecule has 2 aromatic heterocycles. The number of carboxylic acids is 1. The Morgan fingerprint density at radius 3 is 2.68 bits per heavy atom.